The summed E-state index contributed by atoms with van der Waals surface area (Å²) in [5.74, 6) is 0.682. The van der Waals surface area contributed by atoms with Crippen molar-refractivity contribution in [1.29, 1.82) is 0 Å². The largest absolute Gasteiger partial charge is 0.368 e. The Hall–Kier alpha value is -2.43. The molecule has 1 aromatic heterocycles. The highest BCUT2D eigenvalue weighted by molar-refractivity contribution is 5.79. The van der Waals surface area contributed by atoms with Gasteiger partial charge in [0.05, 0.1) is 0 Å². The second kappa shape index (κ2) is 4.68. The van der Waals surface area contributed by atoms with Crippen molar-refractivity contribution in [2.45, 2.75) is 12.3 Å². The van der Waals surface area contributed by atoms with E-state index in [4.69, 9.17) is 5.73 Å². The van der Waals surface area contributed by atoms with Crippen LogP contribution in [0.5, 0.6) is 0 Å². The number of nitrogen functional groups attached to an aromatic ring is 1. The second-order valence-electron chi connectivity index (χ2n) is 4.66. The van der Waals surface area contributed by atoms with E-state index in [0.717, 1.165) is 17.7 Å². The van der Waals surface area contributed by atoms with Crippen LogP contribution < -0.4 is 11.1 Å². The SMILES string of the molecule is Nc1ncc(-c2ccc(C3CNC(=O)C3)cc2)cn1. The maximum atomic E-state index is 11.2. The molecule has 1 fully saturated rings. The molecule has 19 heavy (non-hydrogen) atoms. The van der Waals surface area contributed by atoms with Crippen LogP contribution in [-0.2, 0) is 4.79 Å². The van der Waals surface area contributed by atoms with E-state index in [-0.39, 0.29) is 17.8 Å². The number of nitrogens with two attached hydrogens (primary N) is 1. The highest BCUT2D eigenvalue weighted by atomic mass is 16.1. The average Bonchev–Trinajstić information content (AvgIpc) is 2.87. The smallest absolute Gasteiger partial charge is 0.220 e. The van der Waals surface area contributed by atoms with Gasteiger partial charge in [-0.25, -0.2) is 9.97 Å². The van der Waals surface area contributed by atoms with Crippen molar-refractivity contribution >= 4 is 11.9 Å². The minimum Gasteiger partial charge on any atom is -0.368 e. The first-order valence-corrected chi connectivity index (χ1v) is 6.17. The highest BCUT2D eigenvalue weighted by Crippen LogP contribution is 2.26. The number of nitrogens with zero attached hydrogens (tertiary/aromatic N) is 2. The molecule has 1 unspecified atom stereocenters. The topological polar surface area (TPSA) is 80.9 Å². The van der Waals surface area contributed by atoms with Crippen molar-refractivity contribution in [2.75, 3.05) is 12.3 Å². The number of rotatable bonds is 2. The Bertz CT molecular complexity index is 592. The number of amides is 1. The van der Waals surface area contributed by atoms with Crippen LogP contribution in [0, 0.1) is 0 Å². The van der Waals surface area contributed by atoms with Crippen molar-refractivity contribution in [1.82, 2.24) is 15.3 Å². The van der Waals surface area contributed by atoms with Gasteiger partial charge in [-0.1, -0.05) is 24.3 Å². The van der Waals surface area contributed by atoms with E-state index >= 15 is 0 Å². The Morgan fingerprint density at radius 2 is 1.79 bits per heavy atom. The molecule has 3 N–H and O–H groups in total. The van der Waals surface area contributed by atoms with E-state index < -0.39 is 0 Å². The molecule has 1 saturated heterocycles. The zero-order chi connectivity index (χ0) is 13.2. The van der Waals surface area contributed by atoms with Gasteiger partial charge in [-0.05, 0) is 11.1 Å². The molecule has 0 saturated carbocycles. The summed E-state index contributed by atoms with van der Waals surface area (Å²) in [7, 11) is 0. The van der Waals surface area contributed by atoms with Gasteiger partial charge in [0.2, 0.25) is 11.9 Å². The average molecular weight is 254 g/mol. The van der Waals surface area contributed by atoms with E-state index in [1.165, 1.54) is 5.56 Å². The number of hydrogen-bond donors (Lipinski definition) is 2. The summed E-state index contributed by atoms with van der Waals surface area (Å²) in [6, 6.07) is 8.15. The summed E-state index contributed by atoms with van der Waals surface area (Å²) in [5, 5.41) is 2.85. The Morgan fingerprint density at radius 3 is 2.37 bits per heavy atom. The van der Waals surface area contributed by atoms with Crippen LogP contribution in [0.25, 0.3) is 11.1 Å². The number of carbonyl (C=O) groups excluding carboxylic acids is 1. The molecular weight excluding hydrogens is 240 g/mol. The first-order valence-electron chi connectivity index (χ1n) is 6.17. The van der Waals surface area contributed by atoms with Gasteiger partial charge >= 0.3 is 0 Å². The van der Waals surface area contributed by atoms with Gasteiger partial charge in [0, 0.05) is 36.8 Å². The number of nitrogens with one attached hydrogen (secondary N) is 1. The lowest BCUT2D eigenvalue weighted by Crippen LogP contribution is -2.13. The molecule has 0 bridgehead atoms. The molecule has 2 heterocycles. The lowest BCUT2D eigenvalue weighted by atomic mass is 9.96. The zero-order valence-corrected chi connectivity index (χ0v) is 10.3. The lowest BCUT2D eigenvalue weighted by molar-refractivity contribution is -0.119. The lowest BCUT2D eigenvalue weighted by Gasteiger charge is -2.08. The summed E-state index contributed by atoms with van der Waals surface area (Å²) in [6.45, 7) is 0.725. The molecule has 1 aliphatic rings. The number of anilines is 1. The molecular formula is C14H14N4O. The Labute approximate surface area is 110 Å². The van der Waals surface area contributed by atoms with Gasteiger partial charge in [0.25, 0.3) is 0 Å². The number of benzene rings is 1. The van der Waals surface area contributed by atoms with Crippen LogP contribution >= 0.6 is 0 Å². The van der Waals surface area contributed by atoms with Gasteiger partial charge in [0.1, 0.15) is 0 Å². The molecule has 5 heteroatoms. The van der Waals surface area contributed by atoms with Gasteiger partial charge in [-0.3, -0.25) is 4.79 Å². The zero-order valence-electron chi connectivity index (χ0n) is 10.3. The van der Waals surface area contributed by atoms with Crippen LogP contribution in [-0.4, -0.2) is 22.4 Å². The van der Waals surface area contributed by atoms with Crippen LogP contribution in [0.15, 0.2) is 36.7 Å². The third kappa shape index (κ3) is 2.40. The standard InChI is InChI=1S/C14H14N4O/c15-14-17-7-12(8-18-14)10-3-1-9(2-4-10)11-5-13(19)16-6-11/h1-4,7-8,11H,5-6H2,(H,16,19)(H2,15,17,18). The predicted molar refractivity (Wildman–Crippen MR) is 72.2 cm³/mol. The Morgan fingerprint density at radius 1 is 1.11 bits per heavy atom. The van der Waals surface area contributed by atoms with Crippen molar-refractivity contribution in [3.8, 4) is 11.1 Å². The fourth-order valence-corrected chi connectivity index (χ4v) is 2.28. The minimum atomic E-state index is 0.126. The quantitative estimate of drug-likeness (QED) is 0.847. The van der Waals surface area contributed by atoms with Crippen molar-refractivity contribution in [2.24, 2.45) is 0 Å². The molecule has 96 valence electrons. The van der Waals surface area contributed by atoms with E-state index in [1.54, 1.807) is 12.4 Å². The fraction of sp³-hybridized carbons (Fsp3) is 0.214. The second-order valence-corrected chi connectivity index (χ2v) is 4.66. The highest BCUT2D eigenvalue weighted by Gasteiger charge is 2.22. The summed E-state index contributed by atoms with van der Waals surface area (Å²) < 4.78 is 0. The van der Waals surface area contributed by atoms with Gasteiger partial charge in [-0.2, -0.15) is 0 Å². The van der Waals surface area contributed by atoms with Crippen LogP contribution in [0.2, 0.25) is 0 Å². The number of carbonyl (C=O) groups is 1. The van der Waals surface area contributed by atoms with Crippen molar-refractivity contribution in [3.63, 3.8) is 0 Å². The third-order valence-corrected chi connectivity index (χ3v) is 3.36. The Kier molecular flexibility index (Phi) is 2.87. The molecule has 0 aliphatic carbocycles. The van der Waals surface area contributed by atoms with Crippen LogP contribution in [0.3, 0.4) is 0 Å². The first-order chi connectivity index (χ1) is 9.22. The molecule has 2 aromatic rings. The van der Waals surface area contributed by atoms with Gasteiger partial charge < -0.3 is 11.1 Å². The summed E-state index contributed by atoms with van der Waals surface area (Å²) >= 11 is 0. The maximum Gasteiger partial charge on any atom is 0.220 e. The van der Waals surface area contributed by atoms with E-state index in [1.807, 2.05) is 12.1 Å². The third-order valence-electron chi connectivity index (χ3n) is 3.36. The van der Waals surface area contributed by atoms with Gasteiger partial charge in [-0.15, -0.1) is 0 Å². The van der Waals surface area contributed by atoms with Crippen LogP contribution in [0.1, 0.15) is 17.9 Å². The number of aromatic nitrogens is 2. The molecule has 1 aliphatic heterocycles. The van der Waals surface area contributed by atoms with E-state index in [2.05, 4.69) is 27.4 Å². The van der Waals surface area contributed by atoms with Crippen LogP contribution in [0.4, 0.5) is 5.95 Å². The molecule has 3 rings (SSSR count). The molecule has 1 atom stereocenters. The van der Waals surface area contributed by atoms with E-state index in [9.17, 15) is 4.79 Å². The molecule has 5 nitrogen and oxygen atoms in total. The van der Waals surface area contributed by atoms with Gasteiger partial charge in [0.15, 0.2) is 0 Å². The van der Waals surface area contributed by atoms with Crippen molar-refractivity contribution in [3.05, 3.63) is 42.2 Å². The minimum absolute atomic E-state index is 0.126. The van der Waals surface area contributed by atoms with E-state index in [0.29, 0.717) is 6.42 Å². The monoisotopic (exact) mass is 254 g/mol. The molecule has 1 amide bonds. The predicted octanol–water partition coefficient (Wildman–Crippen LogP) is 1.33. The summed E-state index contributed by atoms with van der Waals surface area (Å²) in [4.78, 5) is 19.2. The normalized spacial score (nSPS) is 18.3. The van der Waals surface area contributed by atoms with Crippen molar-refractivity contribution < 1.29 is 4.79 Å². The fourth-order valence-electron chi connectivity index (χ4n) is 2.28. The summed E-state index contributed by atoms with van der Waals surface area (Å²) in [6.07, 6.45) is 3.99. The molecule has 1 aromatic carbocycles. The first kappa shape index (κ1) is 11.6. The molecule has 0 spiro atoms. The number of hydrogen-bond acceptors (Lipinski definition) is 4. The molecule has 0 radical (unpaired) electrons. The summed E-state index contributed by atoms with van der Waals surface area (Å²) in [5.41, 5.74) is 8.62. The Balaban J connectivity index is 1.82. The maximum absolute atomic E-state index is 11.2.